The first kappa shape index (κ1) is 15.1. The van der Waals surface area contributed by atoms with Gasteiger partial charge in [-0.3, -0.25) is 10.1 Å². The van der Waals surface area contributed by atoms with Crippen molar-refractivity contribution in [1.29, 1.82) is 0 Å². The van der Waals surface area contributed by atoms with Crippen LogP contribution in [0.1, 0.15) is 12.6 Å². The van der Waals surface area contributed by atoms with E-state index in [0.29, 0.717) is 9.37 Å². The number of aromatic nitrogens is 1. The van der Waals surface area contributed by atoms with E-state index in [0.717, 1.165) is 5.69 Å². The van der Waals surface area contributed by atoms with Gasteiger partial charge in [-0.05, 0) is 24.7 Å². The van der Waals surface area contributed by atoms with Gasteiger partial charge in [0.15, 0.2) is 5.13 Å². The number of ether oxygens (including phenoxy) is 1. The minimum absolute atomic E-state index is 0.0275. The zero-order valence-corrected chi connectivity index (χ0v) is 13.3. The number of nitrogens with one attached hydrogen (secondary N) is 1. The number of aryl methyl sites for hydroxylation is 1. The largest absolute Gasteiger partial charge is 0.462 e. The van der Waals surface area contributed by atoms with E-state index in [1.807, 2.05) is 23.1 Å². The van der Waals surface area contributed by atoms with Crippen molar-refractivity contribution in [2.75, 3.05) is 11.9 Å². The van der Waals surface area contributed by atoms with E-state index < -0.39 is 11.9 Å². The summed E-state index contributed by atoms with van der Waals surface area (Å²) in [4.78, 5) is 28.4. The number of thiazole rings is 1. The molecule has 1 aromatic rings. The van der Waals surface area contributed by atoms with Crippen LogP contribution in [0.2, 0.25) is 0 Å². The molecule has 0 spiro atoms. The molecule has 1 N–H and O–H groups in total. The fraction of sp³-hybridized carbons (Fsp3) is 0.250. The van der Waals surface area contributed by atoms with Gasteiger partial charge in [0.2, 0.25) is 0 Å². The Morgan fingerprint density at radius 2 is 2.05 bits per heavy atom. The molecule has 2 heterocycles. The smallest absolute Gasteiger partial charge is 0.345 e. The second-order valence-corrected chi connectivity index (χ2v) is 6.59. The fourth-order valence-corrected chi connectivity index (χ4v) is 3.89. The van der Waals surface area contributed by atoms with E-state index in [9.17, 15) is 9.59 Å². The highest BCUT2D eigenvalue weighted by Crippen LogP contribution is 2.40. The quantitative estimate of drug-likeness (QED) is 0.396. The molecule has 0 atom stereocenters. The molecule has 0 radical (unpaired) electrons. The zero-order valence-electron chi connectivity index (χ0n) is 10.8. The fourth-order valence-electron chi connectivity index (χ4n) is 1.37. The van der Waals surface area contributed by atoms with Gasteiger partial charge in [0, 0.05) is 5.38 Å². The lowest BCUT2D eigenvalue weighted by molar-refractivity contribution is -0.139. The molecule has 0 unspecified atom stereocenters. The summed E-state index contributed by atoms with van der Waals surface area (Å²) in [5.74, 6) is -1.10. The summed E-state index contributed by atoms with van der Waals surface area (Å²) < 4.78 is 5.57. The van der Waals surface area contributed by atoms with Gasteiger partial charge >= 0.3 is 5.97 Å². The summed E-state index contributed by atoms with van der Waals surface area (Å²) in [6.45, 7) is 3.76. The SMILES string of the molecule is CCOC(=O)C(C(=O)Nc1nc(C)cs1)=C1SC=CS1. The molecule has 0 aliphatic carbocycles. The van der Waals surface area contributed by atoms with E-state index in [-0.39, 0.29) is 12.2 Å². The molecule has 0 fully saturated rings. The van der Waals surface area contributed by atoms with E-state index in [2.05, 4.69) is 10.3 Å². The Morgan fingerprint density at radius 1 is 1.35 bits per heavy atom. The predicted octanol–water partition coefficient (Wildman–Crippen LogP) is 3.12. The third-order valence-corrected chi connectivity index (χ3v) is 5.16. The first-order valence-electron chi connectivity index (χ1n) is 5.75. The molecule has 1 aromatic heterocycles. The Kier molecular flexibility index (Phi) is 5.27. The van der Waals surface area contributed by atoms with Crippen LogP contribution < -0.4 is 5.32 Å². The number of thioether (sulfide) groups is 2. The molecule has 8 heteroatoms. The molecule has 5 nitrogen and oxygen atoms in total. The Labute approximate surface area is 128 Å². The Bertz CT molecular complexity index is 583. The topological polar surface area (TPSA) is 68.3 Å². The van der Waals surface area contributed by atoms with Crippen molar-refractivity contribution in [2.45, 2.75) is 13.8 Å². The lowest BCUT2D eigenvalue weighted by Gasteiger charge is -2.08. The number of esters is 1. The normalized spacial score (nSPS) is 13.4. The maximum atomic E-state index is 12.3. The van der Waals surface area contributed by atoms with Gasteiger partial charge in [-0.1, -0.05) is 23.5 Å². The highest BCUT2D eigenvalue weighted by Gasteiger charge is 2.26. The van der Waals surface area contributed by atoms with Crippen molar-refractivity contribution < 1.29 is 14.3 Å². The first-order chi connectivity index (χ1) is 9.61. The first-order valence-corrected chi connectivity index (χ1v) is 8.39. The number of hydrogen-bond acceptors (Lipinski definition) is 7. The van der Waals surface area contributed by atoms with E-state index in [1.54, 1.807) is 6.92 Å². The van der Waals surface area contributed by atoms with Crippen LogP contribution in [0.5, 0.6) is 0 Å². The monoisotopic (exact) mass is 328 g/mol. The van der Waals surface area contributed by atoms with Crippen molar-refractivity contribution in [2.24, 2.45) is 0 Å². The number of nitrogens with zero attached hydrogens (tertiary/aromatic N) is 1. The maximum absolute atomic E-state index is 12.3. The number of carbonyl (C=O) groups is 2. The minimum atomic E-state index is -0.614. The van der Waals surface area contributed by atoms with Crippen molar-refractivity contribution in [1.82, 2.24) is 4.98 Å². The van der Waals surface area contributed by atoms with E-state index >= 15 is 0 Å². The van der Waals surface area contributed by atoms with Crippen molar-refractivity contribution in [3.8, 4) is 0 Å². The van der Waals surface area contributed by atoms with Crippen LogP contribution in [0, 0.1) is 6.92 Å². The second-order valence-electron chi connectivity index (χ2n) is 3.64. The average molecular weight is 328 g/mol. The van der Waals surface area contributed by atoms with Crippen molar-refractivity contribution in [3.05, 3.63) is 31.7 Å². The third-order valence-electron chi connectivity index (χ3n) is 2.16. The van der Waals surface area contributed by atoms with Gasteiger partial charge < -0.3 is 4.74 Å². The van der Waals surface area contributed by atoms with Crippen LogP contribution in [-0.4, -0.2) is 23.5 Å². The van der Waals surface area contributed by atoms with Gasteiger partial charge in [0.1, 0.15) is 5.57 Å². The molecule has 1 aliphatic heterocycles. The Balaban J connectivity index is 2.20. The van der Waals surface area contributed by atoms with E-state index in [4.69, 9.17) is 4.74 Å². The molecule has 0 aromatic carbocycles. The number of carbonyl (C=O) groups excluding carboxylic acids is 2. The molecule has 0 saturated carbocycles. The predicted molar refractivity (Wildman–Crippen MR) is 83.5 cm³/mol. The Hall–Kier alpha value is -1.25. The van der Waals surface area contributed by atoms with Gasteiger partial charge in [-0.2, -0.15) is 0 Å². The number of rotatable bonds is 4. The molecular weight excluding hydrogens is 316 g/mol. The molecule has 1 aliphatic rings. The van der Waals surface area contributed by atoms with Crippen molar-refractivity contribution in [3.63, 3.8) is 0 Å². The van der Waals surface area contributed by atoms with Crippen LogP contribution in [-0.2, 0) is 14.3 Å². The van der Waals surface area contributed by atoms with Gasteiger partial charge in [0.05, 0.1) is 16.5 Å². The summed E-state index contributed by atoms with van der Waals surface area (Å²) in [6, 6.07) is 0. The van der Waals surface area contributed by atoms with Crippen LogP contribution >= 0.6 is 34.9 Å². The Morgan fingerprint density at radius 3 is 2.60 bits per heavy atom. The molecule has 106 valence electrons. The summed E-state index contributed by atoms with van der Waals surface area (Å²) in [5.41, 5.74) is 0.849. The number of anilines is 1. The van der Waals surface area contributed by atoms with Gasteiger partial charge in [-0.25, -0.2) is 9.78 Å². The van der Waals surface area contributed by atoms with Crippen LogP contribution in [0.25, 0.3) is 0 Å². The summed E-state index contributed by atoms with van der Waals surface area (Å²) >= 11 is 3.98. The molecule has 1 amide bonds. The standard InChI is InChI=1S/C12H12N2O3S3/c1-3-17-10(16)8(11-18-4-5-19-11)9(15)14-12-13-7(2)6-20-12/h4-6H,3H2,1-2H3,(H,13,14,15). The lowest BCUT2D eigenvalue weighted by atomic mass is 10.3. The molecule has 2 rings (SSSR count). The second kappa shape index (κ2) is 6.96. The summed E-state index contributed by atoms with van der Waals surface area (Å²) in [7, 11) is 0. The van der Waals surface area contributed by atoms with Crippen molar-refractivity contribution >= 4 is 51.9 Å². The number of amides is 1. The zero-order chi connectivity index (χ0) is 14.5. The average Bonchev–Trinajstić information content (AvgIpc) is 3.02. The minimum Gasteiger partial charge on any atom is -0.462 e. The lowest BCUT2D eigenvalue weighted by Crippen LogP contribution is -2.23. The van der Waals surface area contributed by atoms with Crippen LogP contribution in [0.15, 0.2) is 26.0 Å². The highest BCUT2D eigenvalue weighted by atomic mass is 32.2. The van der Waals surface area contributed by atoms with E-state index in [1.165, 1.54) is 34.9 Å². The summed E-state index contributed by atoms with van der Waals surface area (Å²) in [6.07, 6.45) is 0. The number of hydrogen-bond donors (Lipinski definition) is 1. The van der Waals surface area contributed by atoms with Gasteiger partial charge in [0.25, 0.3) is 5.91 Å². The molecular formula is C12H12N2O3S3. The summed E-state index contributed by atoms with van der Waals surface area (Å²) in [5, 5.41) is 8.57. The maximum Gasteiger partial charge on any atom is 0.345 e. The van der Waals surface area contributed by atoms with Crippen LogP contribution in [0.3, 0.4) is 0 Å². The highest BCUT2D eigenvalue weighted by molar-refractivity contribution is 8.27. The van der Waals surface area contributed by atoms with Gasteiger partial charge in [-0.15, -0.1) is 11.3 Å². The molecule has 0 saturated heterocycles. The molecule has 20 heavy (non-hydrogen) atoms. The molecule has 0 bridgehead atoms. The third kappa shape index (κ3) is 3.65. The van der Waals surface area contributed by atoms with Crippen LogP contribution in [0.4, 0.5) is 5.13 Å².